The zero-order chi connectivity index (χ0) is 12.3. The molecule has 90 valence electrons. The van der Waals surface area contributed by atoms with Crippen LogP contribution in [0.15, 0.2) is 12.1 Å². The average Bonchev–Trinajstić information content (AvgIpc) is 2.18. The molecule has 16 heavy (non-hydrogen) atoms. The summed E-state index contributed by atoms with van der Waals surface area (Å²) >= 11 is 0. The minimum Gasteiger partial charge on any atom is -0.487 e. The van der Waals surface area contributed by atoms with E-state index in [0.29, 0.717) is 11.1 Å². The van der Waals surface area contributed by atoms with Gasteiger partial charge in [-0.2, -0.15) is 0 Å². The maximum absolute atomic E-state index is 13.3. The summed E-state index contributed by atoms with van der Waals surface area (Å²) in [5.41, 5.74) is 6.34. The molecule has 0 radical (unpaired) electrons. The fourth-order valence-electron chi connectivity index (χ4n) is 1.30. The van der Waals surface area contributed by atoms with E-state index in [2.05, 4.69) is 0 Å². The molecule has 0 unspecified atom stereocenters. The summed E-state index contributed by atoms with van der Waals surface area (Å²) < 4.78 is 42.2. The summed E-state index contributed by atoms with van der Waals surface area (Å²) in [6, 6.07) is 2.14. The van der Waals surface area contributed by atoms with E-state index in [4.69, 9.17) is 10.5 Å². The third-order valence-corrected chi connectivity index (χ3v) is 2.15. The molecule has 2 nitrogen and oxygen atoms in total. The number of benzene rings is 1. The Morgan fingerprint density at radius 3 is 2.50 bits per heavy atom. The average molecular weight is 233 g/mol. The van der Waals surface area contributed by atoms with Gasteiger partial charge in [-0.3, -0.25) is 0 Å². The number of aryl methyl sites for hydroxylation is 1. The minimum atomic E-state index is -2.56. The van der Waals surface area contributed by atoms with Crippen LogP contribution in [0.4, 0.5) is 13.2 Å². The van der Waals surface area contributed by atoms with Crippen molar-refractivity contribution in [2.45, 2.75) is 26.3 Å². The van der Waals surface area contributed by atoms with E-state index >= 15 is 0 Å². The van der Waals surface area contributed by atoms with Crippen LogP contribution in [0, 0.1) is 12.7 Å². The Hall–Kier alpha value is -1.23. The van der Waals surface area contributed by atoms with Gasteiger partial charge in [0.05, 0.1) is 0 Å². The molecule has 0 fully saturated rings. The van der Waals surface area contributed by atoms with Crippen LogP contribution in [0.2, 0.25) is 0 Å². The molecular formula is C11H14F3NO. The molecule has 0 aromatic heterocycles. The summed E-state index contributed by atoms with van der Waals surface area (Å²) in [4.78, 5) is 0. The molecule has 0 aliphatic heterocycles. The van der Waals surface area contributed by atoms with Crippen molar-refractivity contribution in [1.29, 1.82) is 0 Å². The minimum absolute atomic E-state index is 0.217. The third-order valence-electron chi connectivity index (χ3n) is 2.15. The van der Waals surface area contributed by atoms with Gasteiger partial charge >= 0.3 is 0 Å². The lowest BCUT2D eigenvalue weighted by Gasteiger charge is -2.15. The first-order chi connectivity index (χ1) is 7.41. The van der Waals surface area contributed by atoms with Crippen molar-refractivity contribution < 1.29 is 17.9 Å². The molecule has 0 amide bonds. The molecule has 1 aromatic carbocycles. The fraction of sp³-hybridized carbons (Fsp3) is 0.455. The van der Waals surface area contributed by atoms with Crippen molar-refractivity contribution >= 4 is 0 Å². The van der Waals surface area contributed by atoms with Crippen LogP contribution in [-0.4, -0.2) is 13.0 Å². The Balaban J connectivity index is 3.00. The highest BCUT2D eigenvalue weighted by atomic mass is 19.3. The molecule has 1 aromatic rings. The molecule has 0 aliphatic rings. The molecule has 2 N–H and O–H groups in total. The number of ether oxygens (including phenoxy) is 1. The first kappa shape index (κ1) is 12.8. The van der Waals surface area contributed by atoms with Crippen LogP contribution in [0.3, 0.4) is 0 Å². The molecule has 5 heteroatoms. The maximum Gasteiger partial charge on any atom is 0.272 e. The van der Waals surface area contributed by atoms with Crippen LogP contribution in [0.5, 0.6) is 5.75 Å². The Bertz CT molecular complexity index is 366. The molecule has 0 bridgehead atoms. The summed E-state index contributed by atoms with van der Waals surface area (Å²) in [6.07, 6.45) is -2.56. The van der Waals surface area contributed by atoms with E-state index in [-0.39, 0.29) is 5.75 Å². The summed E-state index contributed by atoms with van der Waals surface area (Å²) in [6.45, 7) is 2.46. The van der Waals surface area contributed by atoms with Crippen molar-refractivity contribution in [3.8, 4) is 5.75 Å². The number of alkyl halides is 2. The smallest absolute Gasteiger partial charge is 0.272 e. The number of halogens is 3. The zero-order valence-electron chi connectivity index (χ0n) is 9.14. The summed E-state index contributed by atoms with van der Waals surface area (Å²) in [5.74, 6) is -0.203. The lowest BCUT2D eigenvalue weighted by molar-refractivity contribution is 0.0812. The standard InChI is InChI=1S/C11H14F3NO/c1-6-3-10(16-5-11(13)14)8(7(2)15)4-9(6)12/h3-4,7,11H,5,15H2,1-2H3/t7-/m1/s1. The molecule has 0 saturated carbocycles. The van der Waals surface area contributed by atoms with Crippen LogP contribution >= 0.6 is 0 Å². The number of nitrogens with two attached hydrogens (primary N) is 1. The maximum atomic E-state index is 13.3. The Morgan fingerprint density at radius 2 is 2.00 bits per heavy atom. The van der Waals surface area contributed by atoms with Crippen molar-refractivity contribution in [2.24, 2.45) is 5.73 Å². The predicted octanol–water partition coefficient (Wildman–Crippen LogP) is 2.80. The second-order valence-corrected chi connectivity index (χ2v) is 3.63. The molecule has 1 rings (SSSR count). The van der Waals surface area contributed by atoms with Gasteiger partial charge < -0.3 is 10.5 Å². The molecule has 1 atom stereocenters. The topological polar surface area (TPSA) is 35.2 Å². The van der Waals surface area contributed by atoms with Gasteiger partial charge in [-0.05, 0) is 31.5 Å². The molecular weight excluding hydrogens is 219 g/mol. The normalized spacial score (nSPS) is 12.9. The van der Waals surface area contributed by atoms with E-state index in [0.717, 1.165) is 0 Å². The Morgan fingerprint density at radius 1 is 1.38 bits per heavy atom. The van der Waals surface area contributed by atoms with E-state index < -0.39 is 24.9 Å². The van der Waals surface area contributed by atoms with Gasteiger partial charge in [-0.15, -0.1) is 0 Å². The van der Waals surface area contributed by atoms with E-state index in [1.54, 1.807) is 6.92 Å². The highest BCUT2D eigenvalue weighted by Crippen LogP contribution is 2.27. The van der Waals surface area contributed by atoms with Gasteiger partial charge in [-0.1, -0.05) is 0 Å². The highest BCUT2D eigenvalue weighted by Gasteiger charge is 2.13. The van der Waals surface area contributed by atoms with Crippen molar-refractivity contribution in [1.82, 2.24) is 0 Å². The summed E-state index contributed by atoms with van der Waals surface area (Å²) in [5, 5.41) is 0. The Labute approximate surface area is 92.2 Å². The first-order valence-electron chi connectivity index (χ1n) is 4.88. The second-order valence-electron chi connectivity index (χ2n) is 3.63. The molecule has 0 aliphatic carbocycles. The molecule has 0 saturated heterocycles. The van der Waals surface area contributed by atoms with E-state index in [1.165, 1.54) is 19.1 Å². The van der Waals surface area contributed by atoms with Gasteiger partial charge in [0, 0.05) is 11.6 Å². The van der Waals surface area contributed by atoms with Crippen molar-refractivity contribution in [3.05, 3.63) is 29.1 Å². The molecule has 0 spiro atoms. The van der Waals surface area contributed by atoms with Gasteiger partial charge in [0.25, 0.3) is 6.43 Å². The molecule has 0 heterocycles. The van der Waals surface area contributed by atoms with Crippen LogP contribution in [0.25, 0.3) is 0 Å². The van der Waals surface area contributed by atoms with Gasteiger partial charge in [0.2, 0.25) is 0 Å². The Kier molecular flexibility index (Phi) is 4.18. The monoisotopic (exact) mass is 233 g/mol. The predicted molar refractivity (Wildman–Crippen MR) is 55.2 cm³/mol. The van der Waals surface area contributed by atoms with Crippen LogP contribution in [0.1, 0.15) is 24.1 Å². The van der Waals surface area contributed by atoms with Crippen LogP contribution in [-0.2, 0) is 0 Å². The lowest BCUT2D eigenvalue weighted by Crippen LogP contribution is -2.12. The van der Waals surface area contributed by atoms with Crippen molar-refractivity contribution in [3.63, 3.8) is 0 Å². The fourth-order valence-corrected chi connectivity index (χ4v) is 1.30. The van der Waals surface area contributed by atoms with Crippen LogP contribution < -0.4 is 10.5 Å². The van der Waals surface area contributed by atoms with Gasteiger partial charge in [0.1, 0.15) is 18.2 Å². The largest absolute Gasteiger partial charge is 0.487 e. The van der Waals surface area contributed by atoms with E-state index in [9.17, 15) is 13.2 Å². The van der Waals surface area contributed by atoms with E-state index in [1.807, 2.05) is 0 Å². The zero-order valence-corrected chi connectivity index (χ0v) is 9.14. The van der Waals surface area contributed by atoms with Crippen molar-refractivity contribution in [2.75, 3.05) is 6.61 Å². The SMILES string of the molecule is Cc1cc(OCC(F)F)c([C@@H](C)N)cc1F. The quantitative estimate of drug-likeness (QED) is 0.867. The number of rotatable bonds is 4. The number of hydrogen-bond donors (Lipinski definition) is 1. The highest BCUT2D eigenvalue weighted by molar-refractivity contribution is 5.39. The first-order valence-corrected chi connectivity index (χ1v) is 4.88. The third kappa shape index (κ3) is 3.13. The van der Waals surface area contributed by atoms with Gasteiger partial charge in [-0.25, -0.2) is 13.2 Å². The number of hydrogen-bond acceptors (Lipinski definition) is 2. The van der Waals surface area contributed by atoms with Gasteiger partial charge in [0.15, 0.2) is 0 Å². The lowest BCUT2D eigenvalue weighted by atomic mass is 10.1. The second kappa shape index (κ2) is 5.21. The summed E-state index contributed by atoms with van der Waals surface area (Å²) in [7, 11) is 0.